The molecule has 0 radical (unpaired) electrons. The second kappa shape index (κ2) is 11.3. The van der Waals surface area contributed by atoms with E-state index in [9.17, 15) is 9.59 Å². The van der Waals surface area contributed by atoms with E-state index in [2.05, 4.69) is 18.8 Å². The van der Waals surface area contributed by atoms with E-state index in [4.69, 9.17) is 27.9 Å². The molecule has 6 heteroatoms. The Bertz CT molecular complexity index is 1280. The van der Waals surface area contributed by atoms with Gasteiger partial charge in [0.25, 0.3) is 5.91 Å². The molecule has 4 rings (SSSR count). The Morgan fingerprint density at radius 1 is 1.18 bits per heavy atom. The van der Waals surface area contributed by atoms with E-state index >= 15 is 0 Å². The maximum Gasteiger partial charge on any atom is 0.311 e. The number of carbonyl (C=O) groups excluding carboxylic acids is 2. The van der Waals surface area contributed by atoms with Crippen molar-refractivity contribution in [1.82, 2.24) is 4.90 Å². The van der Waals surface area contributed by atoms with Gasteiger partial charge < -0.3 is 9.64 Å². The number of benzene rings is 2. The fourth-order valence-corrected chi connectivity index (χ4v) is 7.57. The Kier molecular flexibility index (Phi) is 8.50. The highest BCUT2D eigenvalue weighted by molar-refractivity contribution is 6.38. The van der Waals surface area contributed by atoms with Gasteiger partial charge in [0, 0.05) is 36.0 Å². The first-order valence-electron chi connectivity index (χ1n) is 13.5. The van der Waals surface area contributed by atoms with E-state index in [1.807, 2.05) is 62.1 Å². The molecule has 1 aliphatic heterocycles. The number of nitrogens with zero attached hydrogens (tertiary/aromatic N) is 1. The van der Waals surface area contributed by atoms with E-state index in [0.29, 0.717) is 41.5 Å². The number of fused-ring (bicyclic) bond motifs is 3. The number of amides is 1. The Hall–Kier alpha value is -2.48. The lowest BCUT2D eigenvalue weighted by Gasteiger charge is -2.51. The average Bonchev–Trinajstić information content (AvgIpc) is 2.97. The molecule has 2 aliphatic rings. The Morgan fingerprint density at radius 2 is 1.89 bits per heavy atom. The highest BCUT2D eigenvalue weighted by Crippen LogP contribution is 2.57. The Morgan fingerprint density at radius 3 is 2.55 bits per heavy atom. The minimum atomic E-state index is -0.731. The van der Waals surface area contributed by atoms with Gasteiger partial charge in [-0.2, -0.15) is 0 Å². The highest BCUT2D eigenvalue weighted by Gasteiger charge is 2.57. The normalized spacial score (nSPS) is 24.7. The molecule has 0 aromatic heterocycles. The molecule has 202 valence electrons. The van der Waals surface area contributed by atoms with E-state index in [0.717, 1.165) is 36.0 Å². The summed E-state index contributed by atoms with van der Waals surface area (Å²) < 4.78 is 5.32. The third kappa shape index (κ3) is 5.08. The lowest BCUT2D eigenvalue weighted by atomic mass is 9.53. The number of hydrogen-bond donors (Lipinski definition) is 0. The molecule has 1 amide bonds. The molecule has 0 N–H and O–H groups in total. The standard InChI is InChI=1S/C32H37Cl2NO3/c1-21(2)26-24(33)19-23-27(28(26)34)29(36)35(18-11-7-10-15-22-13-8-6-9-14-22)20-25-31(23,3)16-12-17-32(25,4)30(37)38-5/h6,8-9,13-14,19,21,25H,7,11-12,16-18,20H2,1-5H3/t25-,31-,32-/m1/s1. The van der Waals surface area contributed by atoms with Crippen LogP contribution in [0.3, 0.4) is 0 Å². The van der Waals surface area contributed by atoms with Gasteiger partial charge in [-0.05, 0) is 66.8 Å². The second-order valence-electron chi connectivity index (χ2n) is 11.4. The first kappa shape index (κ1) is 28.5. The van der Waals surface area contributed by atoms with Crippen LogP contribution < -0.4 is 0 Å². The van der Waals surface area contributed by atoms with E-state index in [1.165, 1.54) is 7.11 Å². The summed E-state index contributed by atoms with van der Waals surface area (Å²) in [4.78, 5) is 29.3. The number of carbonyl (C=O) groups is 2. The number of esters is 1. The minimum absolute atomic E-state index is 0.0633. The highest BCUT2D eigenvalue weighted by atomic mass is 35.5. The van der Waals surface area contributed by atoms with Crippen molar-refractivity contribution in [2.24, 2.45) is 11.3 Å². The van der Waals surface area contributed by atoms with Crippen LogP contribution in [0, 0.1) is 23.2 Å². The quantitative estimate of drug-likeness (QED) is 0.217. The maximum absolute atomic E-state index is 14.2. The molecular weight excluding hydrogens is 517 g/mol. The predicted octanol–water partition coefficient (Wildman–Crippen LogP) is 7.64. The summed E-state index contributed by atoms with van der Waals surface area (Å²) in [5, 5.41) is 1.01. The third-order valence-corrected chi connectivity index (χ3v) is 9.37. The third-order valence-electron chi connectivity index (χ3n) is 8.67. The van der Waals surface area contributed by atoms with Crippen LogP contribution >= 0.6 is 23.2 Å². The number of methoxy groups -OCH3 is 1. The largest absolute Gasteiger partial charge is 0.469 e. The molecule has 4 nitrogen and oxygen atoms in total. The smallest absolute Gasteiger partial charge is 0.311 e. The van der Waals surface area contributed by atoms with Crippen molar-refractivity contribution >= 4 is 35.1 Å². The first-order valence-corrected chi connectivity index (χ1v) is 14.2. The van der Waals surface area contributed by atoms with E-state index in [-0.39, 0.29) is 23.7 Å². The van der Waals surface area contributed by atoms with Crippen molar-refractivity contribution < 1.29 is 14.3 Å². The van der Waals surface area contributed by atoms with Gasteiger partial charge in [-0.25, -0.2) is 0 Å². The minimum Gasteiger partial charge on any atom is -0.469 e. The monoisotopic (exact) mass is 553 g/mol. The Balaban J connectivity index is 1.76. The van der Waals surface area contributed by atoms with Gasteiger partial charge >= 0.3 is 5.97 Å². The van der Waals surface area contributed by atoms with Crippen molar-refractivity contribution in [2.75, 3.05) is 20.2 Å². The summed E-state index contributed by atoms with van der Waals surface area (Å²) in [5.74, 6) is 6.02. The average molecular weight is 555 g/mol. The van der Waals surface area contributed by atoms with Crippen LogP contribution in [-0.2, 0) is 14.9 Å². The first-order chi connectivity index (χ1) is 18.0. The molecule has 0 saturated heterocycles. The van der Waals surface area contributed by atoms with E-state index in [1.54, 1.807) is 0 Å². The molecule has 0 spiro atoms. The van der Waals surface area contributed by atoms with Gasteiger partial charge in [-0.3, -0.25) is 9.59 Å². The Labute approximate surface area is 237 Å². The van der Waals surface area contributed by atoms with Gasteiger partial charge in [0.2, 0.25) is 0 Å². The molecule has 0 bridgehead atoms. The molecule has 1 heterocycles. The fourth-order valence-electron chi connectivity index (χ4n) is 6.60. The van der Waals surface area contributed by atoms with Crippen LogP contribution in [0.25, 0.3) is 0 Å². The van der Waals surface area contributed by atoms with Crippen LogP contribution in [-0.4, -0.2) is 37.0 Å². The number of halogens is 2. The maximum atomic E-state index is 14.2. The zero-order valence-electron chi connectivity index (χ0n) is 23.0. The van der Waals surface area contributed by atoms with Crippen molar-refractivity contribution in [1.29, 1.82) is 0 Å². The van der Waals surface area contributed by atoms with Gasteiger partial charge in [0.05, 0.1) is 23.1 Å². The van der Waals surface area contributed by atoms with Crippen molar-refractivity contribution in [3.8, 4) is 11.8 Å². The summed E-state index contributed by atoms with van der Waals surface area (Å²) in [6.45, 7) is 9.20. The van der Waals surface area contributed by atoms with Gasteiger partial charge in [-0.15, -0.1) is 0 Å². The van der Waals surface area contributed by atoms with Gasteiger partial charge in [0.1, 0.15) is 0 Å². The van der Waals surface area contributed by atoms with Crippen LogP contribution in [0.1, 0.15) is 92.8 Å². The molecule has 0 unspecified atom stereocenters. The van der Waals surface area contributed by atoms with Crippen LogP contribution in [0.4, 0.5) is 0 Å². The summed E-state index contributed by atoms with van der Waals surface area (Å²) in [6.07, 6.45) is 3.79. The molecule has 1 aliphatic carbocycles. The van der Waals surface area contributed by atoms with Crippen LogP contribution in [0.15, 0.2) is 36.4 Å². The number of rotatable bonds is 5. The van der Waals surface area contributed by atoms with Crippen molar-refractivity contribution in [3.05, 3.63) is 68.7 Å². The second-order valence-corrected chi connectivity index (χ2v) is 12.2. The van der Waals surface area contributed by atoms with Crippen molar-refractivity contribution in [2.45, 2.75) is 71.1 Å². The molecule has 1 saturated carbocycles. The van der Waals surface area contributed by atoms with Crippen LogP contribution in [0.5, 0.6) is 0 Å². The SMILES string of the molecule is COC(=O)[C@]1(C)CCC[C@]2(C)c3cc(Cl)c(C(C)C)c(Cl)c3C(=O)N(CCCC#Cc3ccccc3)C[C@@H]12. The lowest BCUT2D eigenvalue weighted by Crippen LogP contribution is -2.54. The summed E-state index contributed by atoms with van der Waals surface area (Å²) in [6, 6.07) is 11.8. The summed E-state index contributed by atoms with van der Waals surface area (Å²) in [5.41, 5.74) is 1.97. The zero-order valence-corrected chi connectivity index (χ0v) is 24.5. The number of ether oxygens (including phenoxy) is 1. The fraction of sp³-hybridized carbons (Fsp3) is 0.500. The van der Waals surface area contributed by atoms with Crippen molar-refractivity contribution in [3.63, 3.8) is 0 Å². The number of unbranched alkanes of at least 4 members (excludes halogenated alkanes) is 1. The molecule has 2 aromatic carbocycles. The number of hydrogen-bond acceptors (Lipinski definition) is 3. The summed E-state index contributed by atoms with van der Waals surface area (Å²) in [7, 11) is 1.45. The van der Waals surface area contributed by atoms with E-state index < -0.39 is 10.8 Å². The molecule has 2 aromatic rings. The molecular formula is C32H37Cl2NO3. The van der Waals surface area contributed by atoms with Gasteiger partial charge in [0.15, 0.2) is 0 Å². The molecule has 1 fully saturated rings. The van der Waals surface area contributed by atoms with Gasteiger partial charge in [-0.1, -0.05) is 80.4 Å². The molecule has 3 atom stereocenters. The topological polar surface area (TPSA) is 46.6 Å². The predicted molar refractivity (Wildman–Crippen MR) is 154 cm³/mol. The lowest BCUT2D eigenvalue weighted by molar-refractivity contribution is -0.161. The molecule has 38 heavy (non-hydrogen) atoms. The zero-order chi connectivity index (χ0) is 27.7. The summed E-state index contributed by atoms with van der Waals surface area (Å²) >= 11 is 13.8. The van der Waals surface area contributed by atoms with Crippen LogP contribution in [0.2, 0.25) is 10.0 Å².